The Hall–Kier alpha value is -0.790. The van der Waals surface area contributed by atoms with Crippen molar-refractivity contribution in [2.45, 2.75) is 239 Å². The lowest BCUT2D eigenvalue weighted by atomic mass is 9.92. The predicted molar refractivity (Wildman–Crippen MR) is 190 cm³/mol. The van der Waals surface area contributed by atoms with Crippen molar-refractivity contribution in [3.05, 3.63) is 18.2 Å². The van der Waals surface area contributed by atoms with Crippen molar-refractivity contribution in [2.75, 3.05) is 0 Å². The Morgan fingerprint density at radius 3 is 1.14 bits per heavy atom. The fourth-order valence-corrected chi connectivity index (χ4v) is 6.89. The highest BCUT2D eigenvalue weighted by Gasteiger charge is 2.19. The standard InChI is InChI=1S/C40H78N2/c1-5-8-11-14-16-18-20-22-24-26-28-31-34-39(35-32-29-27-25-23-21-19-17-15-12-9-6-2)40-41-36-37-42(40)38(4)33-30-13-10-7-3/h36-39H,5-35H2,1-4H3. The number of hydrogen-bond acceptors (Lipinski definition) is 1. The van der Waals surface area contributed by atoms with Crippen LogP contribution >= 0.6 is 0 Å². The highest BCUT2D eigenvalue weighted by Crippen LogP contribution is 2.31. The smallest absolute Gasteiger partial charge is 0.111 e. The van der Waals surface area contributed by atoms with E-state index in [2.05, 4.69) is 44.7 Å². The van der Waals surface area contributed by atoms with Gasteiger partial charge in [-0.2, -0.15) is 0 Å². The Balaban J connectivity index is 2.37. The molecule has 0 aromatic carbocycles. The van der Waals surface area contributed by atoms with Crippen molar-refractivity contribution in [3.63, 3.8) is 0 Å². The summed E-state index contributed by atoms with van der Waals surface area (Å²) in [6.45, 7) is 9.37. The topological polar surface area (TPSA) is 17.8 Å². The minimum atomic E-state index is 0.589. The van der Waals surface area contributed by atoms with E-state index in [0.29, 0.717) is 12.0 Å². The number of nitrogens with zero attached hydrogens (tertiary/aromatic N) is 2. The van der Waals surface area contributed by atoms with Gasteiger partial charge in [-0.05, 0) is 26.2 Å². The number of aromatic nitrogens is 2. The molecule has 248 valence electrons. The molecule has 1 unspecified atom stereocenters. The molecule has 2 heteroatoms. The molecule has 0 saturated heterocycles. The van der Waals surface area contributed by atoms with E-state index < -0.39 is 0 Å². The molecule has 1 heterocycles. The van der Waals surface area contributed by atoms with E-state index in [-0.39, 0.29) is 0 Å². The summed E-state index contributed by atoms with van der Waals surface area (Å²) in [7, 11) is 0. The van der Waals surface area contributed by atoms with Crippen molar-refractivity contribution in [1.29, 1.82) is 0 Å². The molecule has 1 atom stereocenters. The first kappa shape index (κ1) is 39.2. The van der Waals surface area contributed by atoms with Crippen LogP contribution in [0.2, 0.25) is 0 Å². The Morgan fingerprint density at radius 1 is 0.452 bits per heavy atom. The third kappa shape index (κ3) is 21.8. The van der Waals surface area contributed by atoms with Crippen LogP contribution in [0.4, 0.5) is 0 Å². The Kier molecular flexibility index (Phi) is 28.3. The fraction of sp³-hybridized carbons (Fsp3) is 0.925. The van der Waals surface area contributed by atoms with Crippen LogP contribution < -0.4 is 0 Å². The van der Waals surface area contributed by atoms with Crippen LogP contribution in [-0.4, -0.2) is 9.55 Å². The first-order valence-electron chi connectivity index (χ1n) is 19.8. The summed E-state index contributed by atoms with van der Waals surface area (Å²) in [6.07, 6.45) is 48.3. The van der Waals surface area contributed by atoms with Gasteiger partial charge in [0, 0.05) is 24.4 Å². The largest absolute Gasteiger partial charge is 0.332 e. The number of unbranched alkanes of at least 4 members (excludes halogenated alkanes) is 25. The van der Waals surface area contributed by atoms with E-state index >= 15 is 0 Å². The lowest BCUT2D eigenvalue weighted by Crippen LogP contribution is -2.13. The van der Waals surface area contributed by atoms with Crippen molar-refractivity contribution >= 4 is 0 Å². The van der Waals surface area contributed by atoms with Gasteiger partial charge in [-0.15, -0.1) is 0 Å². The van der Waals surface area contributed by atoms with Gasteiger partial charge in [0.1, 0.15) is 5.82 Å². The normalized spacial score (nSPS) is 12.5. The van der Waals surface area contributed by atoms with Crippen LogP contribution in [0.1, 0.15) is 245 Å². The summed E-state index contributed by atoms with van der Waals surface area (Å²) >= 11 is 0. The molecule has 0 aliphatic carbocycles. The molecule has 0 saturated carbocycles. The summed E-state index contributed by atoms with van der Waals surface area (Å²) in [5.74, 6) is 2.06. The van der Waals surface area contributed by atoms with Gasteiger partial charge in [0.2, 0.25) is 0 Å². The van der Waals surface area contributed by atoms with Gasteiger partial charge < -0.3 is 4.57 Å². The summed E-state index contributed by atoms with van der Waals surface area (Å²) in [5.41, 5.74) is 0. The zero-order chi connectivity index (χ0) is 30.4. The highest BCUT2D eigenvalue weighted by atomic mass is 15.1. The maximum Gasteiger partial charge on any atom is 0.111 e. The van der Waals surface area contributed by atoms with Gasteiger partial charge in [0.25, 0.3) is 0 Å². The first-order valence-corrected chi connectivity index (χ1v) is 19.8. The highest BCUT2D eigenvalue weighted by molar-refractivity contribution is 5.02. The summed E-state index contributed by atoms with van der Waals surface area (Å²) in [6, 6.07) is 0.589. The average molecular weight is 587 g/mol. The zero-order valence-electron chi connectivity index (χ0n) is 29.6. The zero-order valence-corrected chi connectivity index (χ0v) is 29.6. The van der Waals surface area contributed by atoms with E-state index in [1.165, 1.54) is 205 Å². The van der Waals surface area contributed by atoms with Crippen LogP contribution in [0.5, 0.6) is 0 Å². The predicted octanol–water partition coefficient (Wildman–Crippen LogP) is 14.7. The van der Waals surface area contributed by atoms with E-state index in [9.17, 15) is 0 Å². The summed E-state index contributed by atoms with van der Waals surface area (Å²) in [4.78, 5) is 5.00. The van der Waals surface area contributed by atoms with Crippen LogP contribution in [0.15, 0.2) is 12.4 Å². The van der Waals surface area contributed by atoms with Gasteiger partial charge in [-0.25, -0.2) is 4.98 Å². The summed E-state index contributed by atoms with van der Waals surface area (Å²) < 4.78 is 2.57. The second kappa shape index (κ2) is 30.2. The molecule has 0 aliphatic rings. The molecular weight excluding hydrogens is 508 g/mol. The molecule has 1 aromatic rings. The number of rotatable bonds is 33. The quantitative estimate of drug-likeness (QED) is 0.0749. The van der Waals surface area contributed by atoms with Crippen molar-refractivity contribution in [1.82, 2.24) is 9.55 Å². The molecule has 0 amide bonds. The molecule has 0 spiro atoms. The molecule has 1 aromatic heterocycles. The Bertz CT molecular complexity index is 622. The van der Waals surface area contributed by atoms with Gasteiger partial charge in [0.15, 0.2) is 0 Å². The Morgan fingerprint density at radius 2 is 0.762 bits per heavy atom. The van der Waals surface area contributed by atoms with E-state index in [1.54, 1.807) is 0 Å². The lowest BCUT2D eigenvalue weighted by molar-refractivity contribution is 0.413. The minimum Gasteiger partial charge on any atom is -0.332 e. The van der Waals surface area contributed by atoms with E-state index in [4.69, 9.17) is 4.98 Å². The van der Waals surface area contributed by atoms with Crippen LogP contribution in [0, 0.1) is 0 Å². The molecule has 0 aliphatic heterocycles. The molecule has 1 rings (SSSR count). The van der Waals surface area contributed by atoms with E-state index in [0.717, 1.165) is 0 Å². The van der Waals surface area contributed by atoms with Gasteiger partial charge in [0.05, 0.1) is 0 Å². The first-order chi connectivity index (χ1) is 20.7. The third-order valence-corrected chi connectivity index (χ3v) is 9.83. The van der Waals surface area contributed by atoms with Crippen LogP contribution in [-0.2, 0) is 0 Å². The fourth-order valence-electron chi connectivity index (χ4n) is 6.89. The van der Waals surface area contributed by atoms with Crippen molar-refractivity contribution in [3.8, 4) is 0 Å². The molecule has 42 heavy (non-hydrogen) atoms. The van der Waals surface area contributed by atoms with Crippen molar-refractivity contribution in [2.24, 2.45) is 0 Å². The second-order valence-electron chi connectivity index (χ2n) is 13.9. The van der Waals surface area contributed by atoms with E-state index in [1.807, 2.05) is 0 Å². The number of hydrogen-bond donors (Lipinski definition) is 0. The molecule has 0 fully saturated rings. The third-order valence-electron chi connectivity index (χ3n) is 9.83. The van der Waals surface area contributed by atoms with Gasteiger partial charge >= 0.3 is 0 Å². The van der Waals surface area contributed by atoms with Gasteiger partial charge in [-0.1, -0.05) is 201 Å². The monoisotopic (exact) mass is 587 g/mol. The average Bonchev–Trinajstić information content (AvgIpc) is 3.49. The van der Waals surface area contributed by atoms with Crippen molar-refractivity contribution < 1.29 is 0 Å². The maximum atomic E-state index is 5.00. The Labute approximate surface area is 266 Å². The SMILES string of the molecule is CCCCCCCCCCCCCCC(CCCCCCCCCCCCCC)c1nccn1C(C)CCCCCC. The minimum absolute atomic E-state index is 0.589. The van der Waals surface area contributed by atoms with Crippen LogP contribution in [0.25, 0.3) is 0 Å². The molecule has 0 bridgehead atoms. The van der Waals surface area contributed by atoms with Crippen LogP contribution in [0.3, 0.4) is 0 Å². The van der Waals surface area contributed by atoms with Gasteiger partial charge in [-0.3, -0.25) is 0 Å². The lowest BCUT2D eigenvalue weighted by Gasteiger charge is -2.22. The molecular formula is C40H78N2. The molecule has 2 nitrogen and oxygen atoms in total. The maximum absolute atomic E-state index is 5.00. The summed E-state index contributed by atoms with van der Waals surface area (Å²) in [5, 5.41) is 0. The molecule has 0 N–H and O–H groups in total. The second-order valence-corrected chi connectivity index (χ2v) is 13.9. The number of imidazole rings is 1. The molecule has 0 radical (unpaired) electrons.